The van der Waals surface area contributed by atoms with Gasteiger partial charge < -0.3 is 9.53 Å². The maximum atomic E-state index is 11.1. The molecule has 0 fully saturated rings. The highest BCUT2D eigenvalue weighted by Gasteiger charge is 2.12. The normalized spacial score (nSPS) is 12.2. The van der Waals surface area contributed by atoms with Crippen LogP contribution in [0.25, 0.3) is 0 Å². The molecule has 0 bridgehead atoms. The molecule has 1 aromatic carbocycles. The Labute approximate surface area is 91.3 Å². The molecule has 0 aliphatic rings. The van der Waals surface area contributed by atoms with Crippen LogP contribution in [0, 0.1) is 0 Å². The Balaban J connectivity index is 2.85. The van der Waals surface area contributed by atoms with Crippen LogP contribution in [0.4, 0.5) is 0 Å². The minimum absolute atomic E-state index is 0.240. The molecule has 0 radical (unpaired) electrons. The van der Waals surface area contributed by atoms with Crippen LogP contribution in [-0.4, -0.2) is 12.9 Å². The van der Waals surface area contributed by atoms with Gasteiger partial charge in [-0.3, -0.25) is 0 Å². The lowest BCUT2D eigenvalue weighted by molar-refractivity contribution is -0.117. The van der Waals surface area contributed by atoms with E-state index in [1.165, 1.54) is 5.56 Å². The van der Waals surface area contributed by atoms with E-state index in [1.807, 2.05) is 18.2 Å². The van der Waals surface area contributed by atoms with E-state index in [2.05, 4.69) is 13.0 Å². The van der Waals surface area contributed by atoms with Gasteiger partial charge in [0, 0.05) is 6.42 Å². The van der Waals surface area contributed by atoms with Crippen LogP contribution in [0.1, 0.15) is 38.2 Å². The van der Waals surface area contributed by atoms with Gasteiger partial charge >= 0.3 is 0 Å². The zero-order chi connectivity index (χ0) is 11.3. The fourth-order valence-electron chi connectivity index (χ4n) is 1.74. The summed E-state index contributed by atoms with van der Waals surface area (Å²) < 4.78 is 5.17. The van der Waals surface area contributed by atoms with Crippen molar-refractivity contribution < 1.29 is 9.53 Å². The number of carbonyl (C=O) groups excluding carboxylic acids is 1. The quantitative estimate of drug-likeness (QED) is 0.739. The first kappa shape index (κ1) is 11.8. The summed E-state index contributed by atoms with van der Waals surface area (Å²) in [7, 11) is 1.66. The highest BCUT2D eigenvalue weighted by Crippen LogP contribution is 2.26. The van der Waals surface area contributed by atoms with Crippen LogP contribution in [0.3, 0.4) is 0 Å². The fourth-order valence-corrected chi connectivity index (χ4v) is 1.74. The van der Waals surface area contributed by atoms with Crippen LogP contribution in [0.5, 0.6) is 5.75 Å². The zero-order valence-electron chi connectivity index (χ0n) is 9.62. The van der Waals surface area contributed by atoms with E-state index in [0.717, 1.165) is 12.2 Å². The van der Waals surface area contributed by atoms with Crippen molar-refractivity contribution in [2.45, 2.75) is 32.6 Å². The highest BCUT2D eigenvalue weighted by atomic mass is 16.5. The summed E-state index contributed by atoms with van der Waals surface area (Å²) in [5, 5.41) is 0. The molecular weight excluding hydrogens is 188 g/mol. The molecule has 0 saturated heterocycles. The molecule has 0 N–H and O–H groups in total. The van der Waals surface area contributed by atoms with Gasteiger partial charge in [-0.2, -0.15) is 0 Å². The number of methoxy groups -OCH3 is 1. The fraction of sp³-hybridized carbons (Fsp3) is 0.462. The molecule has 1 aromatic rings. The second kappa shape index (κ2) is 5.54. The monoisotopic (exact) mass is 206 g/mol. The molecule has 0 saturated carbocycles. The van der Waals surface area contributed by atoms with E-state index >= 15 is 0 Å². The molecule has 0 amide bonds. The Morgan fingerprint density at radius 3 is 2.73 bits per heavy atom. The maximum Gasteiger partial charge on any atom is 0.130 e. The first-order valence-corrected chi connectivity index (χ1v) is 5.30. The van der Waals surface area contributed by atoms with E-state index in [1.54, 1.807) is 14.0 Å². The first-order valence-electron chi connectivity index (χ1n) is 5.30. The molecule has 0 aromatic heterocycles. The molecule has 15 heavy (non-hydrogen) atoms. The average Bonchev–Trinajstić information content (AvgIpc) is 2.25. The Kier molecular flexibility index (Phi) is 4.35. The number of ketones is 1. The number of carbonyl (C=O) groups is 1. The molecular formula is C13H18O2. The third kappa shape index (κ3) is 3.39. The minimum Gasteiger partial charge on any atom is -0.497 e. The van der Waals surface area contributed by atoms with Gasteiger partial charge in [-0.05, 0) is 37.0 Å². The van der Waals surface area contributed by atoms with Crippen molar-refractivity contribution in [2.75, 3.05) is 7.11 Å². The first-order chi connectivity index (χ1) is 7.17. The summed E-state index contributed by atoms with van der Waals surface area (Å²) in [6, 6.07) is 7.96. The minimum atomic E-state index is 0.240. The summed E-state index contributed by atoms with van der Waals surface area (Å²) in [6.45, 7) is 3.75. The number of hydrogen-bond donors (Lipinski definition) is 0. The largest absolute Gasteiger partial charge is 0.497 e. The van der Waals surface area contributed by atoms with Crippen LogP contribution >= 0.6 is 0 Å². The molecule has 0 heterocycles. The molecule has 0 unspecified atom stereocenters. The summed E-state index contributed by atoms with van der Waals surface area (Å²) >= 11 is 0. The Morgan fingerprint density at radius 2 is 2.20 bits per heavy atom. The number of ether oxygens (including phenoxy) is 1. The van der Waals surface area contributed by atoms with E-state index in [0.29, 0.717) is 12.3 Å². The zero-order valence-corrected chi connectivity index (χ0v) is 9.62. The topological polar surface area (TPSA) is 26.3 Å². The van der Waals surface area contributed by atoms with Gasteiger partial charge in [0.2, 0.25) is 0 Å². The van der Waals surface area contributed by atoms with Gasteiger partial charge in [0.1, 0.15) is 11.5 Å². The number of benzene rings is 1. The standard InChI is InChI=1S/C13H18O2/c1-4-11(8-10(2)14)12-6-5-7-13(9-12)15-3/h5-7,9,11H,4,8H2,1-3H3/t11-/m1/s1. The van der Waals surface area contributed by atoms with Crippen LogP contribution in [0.2, 0.25) is 0 Å². The van der Waals surface area contributed by atoms with Crippen molar-refractivity contribution in [3.05, 3.63) is 29.8 Å². The van der Waals surface area contributed by atoms with Gasteiger partial charge in [-0.1, -0.05) is 19.1 Å². The summed E-state index contributed by atoms with van der Waals surface area (Å²) in [5.41, 5.74) is 1.19. The lowest BCUT2D eigenvalue weighted by atomic mass is 9.92. The lowest BCUT2D eigenvalue weighted by Gasteiger charge is -2.14. The predicted octanol–water partition coefficient (Wildman–Crippen LogP) is 3.17. The van der Waals surface area contributed by atoms with Crippen molar-refractivity contribution in [3.63, 3.8) is 0 Å². The SMILES string of the molecule is CC[C@H](CC(C)=O)c1cccc(OC)c1. The molecule has 82 valence electrons. The Morgan fingerprint density at radius 1 is 1.47 bits per heavy atom. The van der Waals surface area contributed by atoms with Gasteiger partial charge in [0.25, 0.3) is 0 Å². The van der Waals surface area contributed by atoms with E-state index in [9.17, 15) is 4.79 Å². The molecule has 0 aliphatic heterocycles. The smallest absolute Gasteiger partial charge is 0.130 e. The molecule has 1 rings (SSSR count). The number of rotatable bonds is 5. The van der Waals surface area contributed by atoms with Crippen molar-refractivity contribution >= 4 is 5.78 Å². The summed E-state index contributed by atoms with van der Waals surface area (Å²) in [4.78, 5) is 11.1. The third-order valence-corrected chi connectivity index (χ3v) is 2.59. The predicted molar refractivity (Wildman–Crippen MR) is 61.3 cm³/mol. The Hall–Kier alpha value is -1.31. The van der Waals surface area contributed by atoms with Crippen LogP contribution in [0.15, 0.2) is 24.3 Å². The van der Waals surface area contributed by atoms with E-state index in [4.69, 9.17) is 4.74 Å². The van der Waals surface area contributed by atoms with Gasteiger partial charge in [-0.25, -0.2) is 0 Å². The van der Waals surface area contributed by atoms with Crippen LogP contribution in [-0.2, 0) is 4.79 Å². The van der Waals surface area contributed by atoms with Crippen molar-refractivity contribution in [2.24, 2.45) is 0 Å². The third-order valence-electron chi connectivity index (χ3n) is 2.59. The molecule has 2 heteroatoms. The average molecular weight is 206 g/mol. The number of hydrogen-bond acceptors (Lipinski definition) is 2. The van der Waals surface area contributed by atoms with Gasteiger partial charge in [0.05, 0.1) is 7.11 Å². The van der Waals surface area contributed by atoms with E-state index < -0.39 is 0 Å². The summed E-state index contributed by atoms with van der Waals surface area (Å²) in [6.07, 6.45) is 1.59. The maximum absolute atomic E-state index is 11.1. The second-order valence-electron chi connectivity index (χ2n) is 3.79. The van der Waals surface area contributed by atoms with Crippen molar-refractivity contribution in [3.8, 4) is 5.75 Å². The van der Waals surface area contributed by atoms with Gasteiger partial charge in [-0.15, -0.1) is 0 Å². The molecule has 1 atom stereocenters. The second-order valence-corrected chi connectivity index (χ2v) is 3.79. The summed E-state index contributed by atoms with van der Waals surface area (Å²) in [5.74, 6) is 1.41. The van der Waals surface area contributed by atoms with Crippen LogP contribution < -0.4 is 4.74 Å². The van der Waals surface area contributed by atoms with E-state index in [-0.39, 0.29) is 5.78 Å². The van der Waals surface area contributed by atoms with Gasteiger partial charge in [0.15, 0.2) is 0 Å². The highest BCUT2D eigenvalue weighted by molar-refractivity contribution is 5.76. The molecule has 0 aliphatic carbocycles. The Bertz CT molecular complexity index is 331. The van der Waals surface area contributed by atoms with Crippen molar-refractivity contribution in [1.82, 2.24) is 0 Å². The molecule has 2 nitrogen and oxygen atoms in total. The van der Waals surface area contributed by atoms with Crippen molar-refractivity contribution in [1.29, 1.82) is 0 Å². The molecule has 0 spiro atoms. The lowest BCUT2D eigenvalue weighted by Crippen LogP contribution is -2.03. The number of Topliss-reactive ketones (excluding diaryl/α,β-unsaturated/α-hetero) is 1.